The summed E-state index contributed by atoms with van der Waals surface area (Å²) in [7, 11) is 1.49. The summed E-state index contributed by atoms with van der Waals surface area (Å²) in [5, 5.41) is 8.85. The number of hydrogen-bond donors (Lipinski definition) is 2. The van der Waals surface area contributed by atoms with Gasteiger partial charge in [-0.05, 0) is 18.1 Å². The molecule has 0 aliphatic rings. The molecule has 1 amide bonds. The third-order valence-electron chi connectivity index (χ3n) is 3.01. The van der Waals surface area contributed by atoms with Crippen LogP contribution in [0.5, 0.6) is 0 Å². The quantitative estimate of drug-likeness (QED) is 0.802. The molecule has 1 aromatic carbocycles. The van der Waals surface area contributed by atoms with Gasteiger partial charge in [0.25, 0.3) is 0 Å². The van der Waals surface area contributed by atoms with Crippen LogP contribution in [0.4, 0.5) is 0 Å². The zero-order valence-corrected chi connectivity index (χ0v) is 10.6. The molecule has 5 heteroatoms. The number of nitrogens with two attached hydrogens (primary N) is 1. The van der Waals surface area contributed by atoms with Crippen molar-refractivity contribution in [3.63, 3.8) is 0 Å². The van der Waals surface area contributed by atoms with E-state index in [0.29, 0.717) is 6.54 Å². The van der Waals surface area contributed by atoms with E-state index in [1.54, 1.807) is 0 Å². The summed E-state index contributed by atoms with van der Waals surface area (Å²) >= 11 is 0. The maximum absolute atomic E-state index is 11.9. The first-order valence-electron chi connectivity index (χ1n) is 5.72. The molecule has 1 atom stereocenters. The van der Waals surface area contributed by atoms with Crippen LogP contribution in [0.1, 0.15) is 18.1 Å². The van der Waals surface area contributed by atoms with Crippen molar-refractivity contribution in [3.05, 3.63) is 35.4 Å². The highest BCUT2D eigenvalue weighted by Gasteiger charge is 2.21. The Hall–Kier alpha value is -1.88. The van der Waals surface area contributed by atoms with Gasteiger partial charge in [0, 0.05) is 13.6 Å². The van der Waals surface area contributed by atoms with Crippen LogP contribution < -0.4 is 5.73 Å². The lowest BCUT2D eigenvalue weighted by Gasteiger charge is -2.22. The molecule has 98 valence electrons. The molecular formula is C13H18N2O3. The molecule has 0 saturated carbocycles. The number of benzene rings is 1. The molecule has 0 heterocycles. The van der Waals surface area contributed by atoms with Gasteiger partial charge in [-0.25, -0.2) is 4.79 Å². The monoisotopic (exact) mass is 250 g/mol. The number of carboxylic acid groups (broad SMARTS) is 1. The van der Waals surface area contributed by atoms with Gasteiger partial charge in [0.1, 0.15) is 6.04 Å². The van der Waals surface area contributed by atoms with Crippen LogP contribution in [0.15, 0.2) is 24.3 Å². The lowest BCUT2D eigenvalue weighted by molar-refractivity contribution is -0.148. The Bertz CT molecular complexity index is 446. The van der Waals surface area contributed by atoms with Crippen LogP contribution in [-0.2, 0) is 22.6 Å². The maximum atomic E-state index is 11.9. The van der Waals surface area contributed by atoms with E-state index in [0.717, 1.165) is 11.1 Å². The Balaban J connectivity index is 2.78. The summed E-state index contributed by atoms with van der Waals surface area (Å²) < 4.78 is 0. The third-order valence-corrected chi connectivity index (χ3v) is 3.01. The van der Waals surface area contributed by atoms with Crippen molar-refractivity contribution in [1.29, 1.82) is 0 Å². The number of nitrogens with zero attached hydrogens (tertiary/aromatic N) is 1. The highest BCUT2D eigenvalue weighted by atomic mass is 16.4. The average molecular weight is 250 g/mol. The molecule has 0 spiro atoms. The summed E-state index contributed by atoms with van der Waals surface area (Å²) in [5.41, 5.74) is 7.34. The van der Waals surface area contributed by atoms with Crippen molar-refractivity contribution in [2.24, 2.45) is 5.73 Å². The standard InChI is InChI=1S/C13H18N2O3/c1-9(13(17)18)15(2)12(16)7-10-5-3-4-6-11(10)8-14/h3-6,9H,7-8,14H2,1-2H3,(H,17,18). The van der Waals surface area contributed by atoms with Crippen molar-refractivity contribution in [2.75, 3.05) is 7.05 Å². The van der Waals surface area contributed by atoms with Crippen LogP contribution in [0, 0.1) is 0 Å². The first-order chi connectivity index (χ1) is 8.47. The van der Waals surface area contributed by atoms with Crippen molar-refractivity contribution in [3.8, 4) is 0 Å². The highest BCUT2D eigenvalue weighted by Crippen LogP contribution is 2.10. The van der Waals surface area contributed by atoms with Gasteiger partial charge >= 0.3 is 5.97 Å². The first kappa shape index (κ1) is 14.2. The molecule has 0 bridgehead atoms. The first-order valence-corrected chi connectivity index (χ1v) is 5.72. The van der Waals surface area contributed by atoms with Crippen LogP contribution >= 0.6 is 0 Å². The van der Waals surface area contributed by atoms with Crippen molar-refractivity contribution in [2.45, 2.75) is 25.9 Å². The number of aliphatic carboxylic acids is 1. The molecular weight excluding hydrogens is 232 g/mol. The molecule has 3 N–H and O–H groups in total. The predicted octanol–water partition coefficient (Wildman–Crippen LogP) is 0.619. The SMILES string of the molecule is CC(C(=O)O)N(C)C(=O)Cc1ccccc1CN. The van der Waals surface area contributed by atoms with Gasteiger partial charge in [0.15, 0.2) is 0 Å². The van der Waals surface area contributed by atoms with E-state index in [4.69, 9.17) is 10.8 Å². The Morgan fingerprint density at radius 1 is 1.33 bits per heavy atom. The smallest absolute Gasteiger partial charge is 0.326 e. The minimum absolute atomic E-state index is 0.168. The van der Waals surface area contributed by atoms with Crippen molar-refractivity contribution in [1.82, 2.24) is 4.90 Å². The minimum Gasteiger partial charge on any atom is -0.480 e. The van der Waals surface area contributed by atoms with Gasteiger partial charge in [-0.2, -0.15) is 0 Å². The Kier molecular flexibility index (Phi) is 4.85. The second-order valence-corrected chi connectivity index (χ2v) is 4.17. The van der Waals surface area contributed by atoms with Crippen LogP contribution in [0.2, 0.25) is 0 Å². The fourth-order valence-corrected chi connectivity index (χ4v) is 1.60. The summed E-state index contributed by atoms with van der Waals surface area (Å²) in [6.45, 7) is 1.84. The van der Waals surface area contributed by atoms with E-state index < -0.39 is 12.0 Å². The minimum atomic E-state index is -1.02. The molecule has 0 aromatic heterocycles. The second-order valence-electron chi connectivity index (χ2n) is 4.17. The zero-order valence-electron chi connectivity index (χ0n) is 10.6. The highest BCUT2D eigenvalue weighted by molar-refractivity contribution is 5.84. The van der Waals surface area contributed by atoms with E-state index in [1.165, 1.54) is 18.9 Å². The summed E-state index contributed by atoms with van der Waals surface area (Å²) in [5.74, 6) is -1.25. The van der Waals surface area contributed by atoms with E-state index in [1.807, 2.05) is 24.3 Å². The van der Waals surface area contributed by atoms with E-state index in [2.05, 4.69) is 0 Å². The molecule has 1 unspecified atom stereocenters. The summed E-state index contributed by atoms with van der Waals surface area (Å²) in [6, 6.07) is 6.56. The Morgan fingerprint density at radius 3 is 2.39 bits per heavy atom. The topological polar surface area (TPSA) is 83.6 Å². The Morgan fingerprint density at radius 2 is 1.89 bits per heavy atom. The lowest BCUT2D eigenvalue weighted by atomic mass is 10.0. The van der Waals surface area contributed by atoms with Gasteiger partial charge in [0.2, 0.25) is 5.91 Å². The maximum Gasteiger partial charge on any atom is 0.326 e. The van der Waals surface area contributed by atoms with E-state index in [9.17, 15) is 9.59 Å². The van der Waals surface area contributed by atoms with Crippen molar-refractivity contribution >= 4 is 11.9 Å². The predicted molar refractivity (Wildman–Crippen MR) is 67.9 cm³/mol. The van der Waals surface area contributed by atoms with Gasteiger partial charge in [-0.15, -0.1) is 0 Å². The average Bonchev–Trinajstić information content (AvgIpc) is 2.37. The molecule has 0 aliphatic heterocycles. The van der Waals surface area contributed by atoms with Crippen molar-refractivity contribution < 1.29 is 14.7 Å². The molecule has 0 saturated heterocycles. The van der Waals surface area contributed by atoms with E-state index in [-0.39, 0.29) is 12.3 Å². The lowest BCUT2D eigenvalue weighted by Crippen LogP contribution is -2.41. The molecule has 1 aromatic rings. The number of carbonyl (C=O) groups excluding carboxylic acids is 1. The molecule has 0 fully saturated rings. The number of carbonyl (C=O) groups is 2. The number of amides is 1. The number of likely N-dealkylation sites (N-methyl/N-ethyl adjacent to an activating group) is 1. The fourth-order valence-electron chi connectivity index (χ4n) is 1.60. The summed E-state index contributed by atoms with van der Waals surface area (Å²) in [6.07, 6.45) is 0.168. The Labute approximate surface area is 106 Å². The van der Waals surface area contributed by atoms with Gasteiger partial charge in [-0.3, -0.25) is 4.79 Å². The van der Waals surface area contributed by atoms with Crippen LogP contribution in [0.25, 0.3) is 0 Å². The molecule has 18 heavy (non-hydrogen) atoms. The van der Waals surface area contributed by atoms with Gasteiger partial charge in [0.05, 0.1) is 6.42 Å². The summed E-state index contributed by atoms with van der Waals surface area (Å²) in [4.78, 5) is 24.0. The van der Waals surface area contributed by atoms with Crippen LogP contribution in [0.3, 0.4) is 0 Å². The molecule has 0 aliphatic carbocycles. The molecule has 1 rings (SSSR count). The van der Waals surface area contributed by atoms with Gasteiger partial charge < -0.3 is 15.7 Å². The number of rotatable bonds is 5. The number of hydrogen-bond acceptors (Lipinski definition) is 3. The fraction of sp³-hybridized carbons (Fsp3) is 0.385. The second kappa shape index (κ2) is 6.16. The normalized spacial score (nSPS) is 11.9. The van der Waals surface area contributed by atoms with Gasteiger partial charge in [-0.1, -0.05) is 24.3 Å². The zero-order chi connectivity index (χ0) is 13.7. The van der Waals surface area contributed by atoms with Crippen LogP contribution in [-0.4, -0.2) is 35.0 Å². The molecule has 5 nitrogen and oxygen atoms in total. The molecule has 0 radical (unpaired) electrons. The third kappa shape index (κ3) is 3.30. The largest absolute Gasteiger partial charge is 0.480 e. The van der Waals surface area contributed by atoms with E-state index >= 15 is 0 Å². The number of carboxylic acids is 1.